The summed E-state index contributed by atoms with van der Waals surface area (Å²) in [5, 5.41) is 2.74. The molecular formula is C22H20N2O3. The number of aromatic nitrogens is 2. The molecule has 0 aliphatic rings. The number of nitrogens with zero attached hydrogens (tertiary/aromatic N) is 1. The molecule has 5 heteroatoms. The highest BCUT2D eigenvalue weighted by Gasteiger charge is 2.15. The van der Waals surface area contributed by atoms with Crippen molar-refractivity contribution >= 4 is 21.7 Å². The first kappa shape index (κ1) is 17.1. The smallest absolute Gasteiger partial charge is 0.258 e. The minimum absolute atomic E-state index is 0.0708. The van der Waals surface area contributed by atoms with Crippen LogP contribution in [0.1, 0.15) is 24.2 Å². The van der Waals surface area contributed by atoms with Gasteiger partial charge in [0.25, 0.3) is 5.56 Å². The third-order valence-electron chi connectivity index (χ3n) is 4.92. The second-order valence-corrected chi connectivity index (χ2v) is 6.50. The summed E-state index contributed by atoms with van der Waals surface area (Å²) >= 11 is 0. The Hall–Kier alpha value is -3.34. The zero-order chi connectivity index (χ0) is 19.0. The van der Waals surface area contributed by atoms with E-state index in [1.807, 2.05) is 31.2 Å². The predicted octanol–water partition coefficient (Wildman–Crippen LogP) is 4.25. The van der Waals surface area contributed by atoms with Crippen molar-refractivity contribution in [1.82, 2.24) is 9.97 Å². The van der Waals surface area contributed by atoms with Crippen LogP contribution in [-0.4, -0.2) is 24.2 Å². The highest BCUT2D eigenvalue weighted by molar-refractivity contribution is 5.85. The molecule has 136 valence electrons. The van der Waals surface area contributed by atoms with Crippen molar-refractivity contribution < 1.29 is 9.47 Å². The average molecular weight is 360 g/mol. The summed E-state index contributed by atoms with van der Waals surface area (Å²) < 4.78 is 10.7. The molecule has 1 aromatic heterocycles. The summed E-state index contributed by atoms with van der Waals surface area (Å²) in [6.07, 6.45) is 0. The number of fused-ring (bicyclic) bond motifs is 2. The molecule has 0 saturated heterocycles. The van der Waals surface area contributed by atoms with E-state index < -0.39 is 0 Å². The van der Waals surface area contributed by atoms with Crippen LogP contribution < -0.4 is 15.0 Å². The summed E-state index contributed by atoms with van der Waals surface area (Å²) in [4.78, 5) is 20.1. The fraction of sp³-hybridized carbons (Fsp3) is 0.182. The van der Waals surface area contributed by atoms with Gasteiger partial charge >= 0.3 is 0 Å². The SMILES string of the molecule is COc1ccc2cc(C(C)c3nc4c(OC)cccc4c(=O)[nH]3)ccc2c1. The number of para-hydroxylation sites is 1. The summed E-state index contributed by atoms with van der Waals surface area (Å²) in [6, 6.07) is 17.6. The Morgan fingerprint density at radius 2 is 1.74 bits per heavy atom. The quantitative estimate of drug-likeness (QED) is 0.591. The van der Waals surface area contributed by atoms with Gasteiger partial charge in [-0.3, -0.25) is 4.79 Å². The number of nitrogens with one attached hydrogen (secondary N) is 1. The van der Waals surface area contributed by atoms with Crippen LogP contribution >= 0.6 is 0 Å². The van der Waals surface area contributed by atoms with Gasteiger partial charge in [0.05, 0.1) is 19.6 Å². The van der Waals surface area contributed by atoms with Crippen LogP contribution in [0.5, 0.6) is 11.5 Å². The van der Waals surface area contributed by atoms with E-state index in [1.165, 1.54) is 0 Å². The maximum Gasteiger partial charge on any atom is 0.258 e. The van der Waals surface area contributed by atoms with Gasteiger partial charge in [-0.05, 0) is 40.6 Å². The van der Waals surface area contributed by atoms with Crippen molar-refractivity contribution in [1.29, 1.82) is 0 Å². The molecular weight excluding hydrogens is 340 g/mol. The number of rotatable bonds is 4. The highest BCUT2D eigenvalue weighted by atomic mass is 16.5. The molecule has 0 bridgehead atoms. The topological polar surface area (TPSA) is 64.2 Å². The fourth-order valence-electron chi connectivity index (χ4n) is 3.32. The van der Waals surface area contributed by atoms with E-state index in [1.54, 1.807) is 26.4 Å². The molecule has 4 rings (SSSR count). The molecule has 0 fully saturated rings. The first-order valence-electron chi connectivity index (χ1n) is 8.75. The molecule has 0 aliphatic heterocycles. The van der Waals surface area contributed by atoms with Gasteiger partial charge < -0.3 is 14.5 Å². The van der Waals surface area contributed by atoms with Crippen LogP contribution in [0, 0.1) is 0 Å². The van der Waals surface area contributed by atoms with Crippen LogP contribution in [0.3, 0.4) is 0 Å². The lowest BCUT2D eigenvalue weighted by atomic mass is 9.97. The minimum Gasteiger partial charge on any atom is -0.497 e. The van der Waals surface area contributed by atoms with Crippen molar-refractivity contribution in [3.8, 4) is 11.5 Å². The maximum absolute atomic E-state index is 12.5. The van der Waals surface area contributed by atoms with E-state index in [-0.39, 0.29) is 11.5 Å². The highest BCUT2D eigenvalue weighted by Crippen LogP contribution is 2.28. The maximum atomic E-state index is 12.5. The molecule has 1 heterocycles. The Bertz CT molecular complexity index is 1200. The summed E-state index contributed by atoms with van der Waals surface area (Å²) in [5.74, 6) is 1.97. The number of hydrogen-bond donors (Lipinski definition) is 1. The zero-order valence-electron chi connectivity index (χ0n) is 15.4. The summed E-state index contributed by atoms with van der Waals surface area (Å²) in [7, 11) is 3.24. The molecule has 5 nitrogen and oxygen atoms in total. The zero-order valence-corrected chi connectivity index (χ0v) is 15.4. The second kappa shape index (κ2) is 6.76. The molecule has 27 heavy (non-hydrogen) atoms. The van der Waals surface area contributed by atoms with E-state index in [2.05, 4.69) is 23.2 Å². The standard InChI is InChI=1S/C22H20N2O3/c1-13(14-7-8-16-12-17(26-2)10-9-15(16)11-14)21-23-20-18(22(25)24-21)5-4-6-19(20)27-3/h4-13H,1-3H3,(H,23,24,25). The average Bonchev–Trinajstić information content (AvgIpc) is 2.71. The third kappa shape index (κ3) is 3.01. The summed E-state index contributed by atoms with van der Waals surface area (Å²) in [6.45, 7) is 2.03. The lowest BCUT2D eigenvalue weighted by molar-refractivity contribution is 0.415. The third-order valence-corrected chi connectivity index (χ3v) is 4.92. The van der Waals surface area contributed by atoms with Crippen molar-refractivity contribution in [2.45, 2.75) is 12.8 Å². The fourth-order valence-corrected chi connectivity index (χ4v) is 3.32. The Morgan fingerprint density at radius 3 is 2.52 bits per heavy atom. The van der Waals surface area contributed by atoms with E-state index >= 15 is 0 Å². The molecule has 1 atom stereocenters. The molecule has 0 spiro atoms. The van der Waals surface area contributed by atoms with Crippen molar-refractivity contribution in [2.75, 3.05) is 14.2 Å². The number of hydrogen-bond acceptors (Lipinski definition) is 4. The van der Waals surface area contributed by atoms with E-state index in [0.717, 1.165) is 22.1 Å². The molecule has 4 aromatic rings. The minimum atomic E-state index is -0.161. The molecule has 1 unspecified atom stereocenters. The largest absolute Gasteiger partial charge is 0.497 e. The molecule has 0 amide bonds. The monoisotopic (exact) mass is 360 g/mol. The first-order valence-corrected chi connectivity index (χ1v) is 8.75. The Kier molecular flexibility index (Phi) is 4.28. The van der Waals surface area contributed by atoms with E-state index in [4.69, 9.17) is 14.5 Å². The number of ether oxygens (including phenoxy) is 2. The van der Waals surface area contributed by atoms with E-state index in [0.29, 0.717) is 22.5 Å². The van der Waals surface area contributed by atoms with Gasteiger partial charge in [-0.2, -0.15) is 0 Å². The Morgan fingerprint density at radius 1 is 0.963 bits per heavy atom. The molecule has 3 aromatic carbocycles. The van der Waals surface area contributed by atoms with Crippen molar-refractivity contribution in [3.63, 3.8) is 0 Å². The van der Waals surface area contributed by atoms with Gasteiger partial charge in [0.2, 0.25) is 0 Å². The molecule has 0 aliphatic carbocycles. The Balaban J connectivity index is 1.81. The molecule has 1 N–H and O–H groups in total. The lowest BCUT2D eigenvalue weighted by Gasteiger charge is -2.14. The van der Waals surface area contributed by atoms with Gasteiger partial charge in [-0.25, -0.2) is 4.98 Å². The molecule has 0 radical (unpaired) electrons. The van der Waals surface area contributed by atoms with Gasteiger partial charge in [0.1, 0.15) is 22.8 Å². The van der Waals surface area contributed by atoms with Crippen LogP contribution in [0.4, 0.5) is 0 Å². The Labute approximate surface area is 156 Å². The van der Waals surface area contributed by atoms with Crippen molar-refractivity contribution in [3.05, 3.63) is 76.3 Å². The van der Waals surface area contributed by atoms with Crippen molar-refractivity contribution in [2.24, 2.45) is 0 Å². The lowest BCUT2D eigenvalue weighted by Crippen LogP contribution is -2.14. The van der Waals surface area contributed by atoms with Crippen LogP contribution in [0.25, 0.3) is 21.7 Å². The van der Waals surface area contributed by atoms with Gasteiger partial charge in [-0.15, -0.1) is 0 Å². The second-order valence-electron chi connectivity index (χ2n) is 6.50. The number of benzene rings is 3. The van der Waals surface area contributed by atoms with E-state index in [9.17, 15) is 4.79 Å². The van der Waals surface area contributed by atoms with Gasteiger partial charge in [-0.1, -0.05) is 37.3 Å². The predicted molar refractivity (Wildman–Crippen MR) is 107 cm³/mol. The van der Waals surface area contributed by atoms with Crippen LogP contribution in [0.15, 0.2) is 59.4 Å². The first-order chi connectivity index (χ1) is 13.1. The molecule has 0 saturated carbocycles. The number of H-pyrrole nitrogens is 1. The van der Waals surface area contributed by atoms with Crippen LogP contribution in [0.2, 0.25) is 0 Å². The number of aromatic amines is 1. The van der Waals surface area contributed by atoms with Gasteiger partial charge in [0.15, 0.2) is 0 Å². The van der Waals surface area contributed by atoms with Gasteiger partial charge in [0, 0.05) is 5.92 Å². The number of methoxy groups -OCH3 is 2. The van der Waals surface area contributed by atoms with Crippen LogP contribution in [-0.2, 0) is 0 Å². The normalized spacial score (nSPS) is 12.3. The summed E-state index contributed by atoms with van der Waals surface area (Å²) in [5.41, 5.74) is 1.49.